The SMILES string of the molecule is Cc1ccc2c(c1)[C@@H]1C=CC[C@@H]1[C@@H](c1ccc(N=Cc3cc(Br)ccc3OCc3ccccc3F)cc1)N2. The van der Waals surface area contributed by atoms with Crippen LogP contribution in [0.4, 0.5) is 15.8 Å². The van der Waals surface area contributed by atoms with Crippen LogP contribution in [-0.4, -0.2) is 6.21 Å². The first-order chi connectivity index (χ1) is 18.5. The molecule has 0 fully saturated rings. The number of halogens is 2. The topological polar surface area (TPSA) is 33.6 Å². The number of nitrogens with zero attached hydrogens (tertiary/aromatic N) is 1. The summed E-state index contributed by atoms with van der Waals surface area (Å²) < 4.78 is 20.9. The second-order valence-electron chi connectivity index (χ2n) is 9.98. The molecule has 6 rings (SSSR count). The van der Waals surface area contributed by atoms with Crippen molar-refractivity contribution in [3.63, 3.8) is 0 Å². The maximum absolute atomic E-state index is 14.0. The van der Waals surface area contributed by atoms with E-state index in [0.29, 0.717) is 23.1 Å². The van der Waals surface area contributed by atoms with Crippen LogP contribution in [0.5, 0.6) is 5.75 Å². The summed E-state index contributed by atoms with van der Waals surface area (Å²) in [5, 5.41) is 3.81. The molecule has 0 bridgehead atoms. The van der Waals surface area contributed by atoms with Gasteiger partial charge in [-0.25, -0.2) is 4.39 Å². The Balaban J connectivity index is 1.20. The molecule has 2 aliphatic rings. The van der Waals surface area contributed by atoms with Gasteiger partial charge in [0.1, 0.15) is 18.2 Å². The van der Waals surface area contributed by atoms with Crippen LogP contribution >= 0.6 is 15.9 Å². The summed E-state index contributed by atoms with van der Waals surface area (Å²) in [4.78, 5) is 4.72. The summed E-state index contributed by atoms with van der Waals surface area (Å²) in [6.45, 7) is 2.31. The number of anilines is 1. The van der Waals surface area contributed by atoms with Crippen LogP contribution in [0.2, 0.25) is 0 Å². The third kappa shape index (κ3) is 5.03. The van der Waals surface area contributed by atoms with Crippen molar-refractivity contribution in [1.82, 2.24) is 0 Å². The molecule has 0 unspecified atom stereocenters. The Bertz CT molecular complexity index is 1530. The van der Waals surface area contributed by atoms with Crippen LogP contribution in [0.25, 0.3) is 0 Å². The number of ether oxygens (including phenoxy) is 1. The highest BCUT2D eigenvalue weighted by molar-refractivity contribution is 9.10. The number of aryl methyl sites for hydroxylation is 1. The molecule has 1 heterocycles. The summed E-state index contributed by atoms with van der Waals surface area (Å²) in [7, 11) is 0. The summed E-state index contributed by atoms with van der Waals surface area (Å²) in [5.41, 5.74) is 7.41. The smallest absolute Gasteiger partial charge is 0.129 e. The van der Waals surface area contributed by atoms with Gasteiger partial charge in [0.15, 0.2) is 0 Å². The Kier molecular flexibility index (Phi) is 6.86. The second kappa shape index (κ2) is 10.6. The van der Waals surface area contributed by atoms with E-state index in [1.54, 1.807) is 24.4 Å². The van der Waals surface area contributed by atoms with Crippen molar-refractivity contribution in [2.45, 2.75) is 31.9 Å². The molecule has 0 aromatic heterocycles. The predicted molar refractivity (Wildman–Crippen MR) is 156 cm³/mol. The van der Waals surface area contributed by atoms with E-state index in [-0.39, 0.29) is 18.5 Å². The summed E-state index contributed by atoms with van der Waals surface area (Å²) in [6, 6.07) is 27.8. The van der Waals surface area contributed by atoms with Gasteiger partial charge in [0.25, 0.3) is 0 Å². The maximum atomic E-state index is 14.0. The van der Waals surface area contributed by atoms with Crippen molar-refractivity contribution < 1.29 is 9.13 Å². The molecule has 1 aliphatic carbocycles. The van der Waals surface area contributed by atoms with Gasteiger partial charge in [0.2, 0.25) is 0 Å². The molecule has 1 N–H and O–H groups in total. The van der Waals surface area contributed by atoms with Crippen molar-refractivity contribution in [3.05, 3.63) is 135 Å². The molecular weight excluding hydrogens is 539 g/mol. The number of allylic oxidation sites excluding steroid dienone is 2. The minimum atomic E-state index is -0.273. The van der Waals surface area contributed by atoms with E-state index < -0.39 is 0 Å². The molecular formula is C33H28BrFN2O. The fourth-order valence-electron chi connectivity index (χ4n) is 5.48. The average molecular weight is 568 g/mol. The minimum absolute atomic E-state index is 0.151. The number of nitrogens with one attached hydrogen (secondary N) is 1. The molecule has 4 aromatic rings. The van der Waals surface area contributed by atoms with Gasteiger partial charge in [0.05, 0.1) is 11.7 Å². The highest BCUT2D eigenvalue weighted by Gasteiger charge is 2.37. The van der Waals surface area contributed by atoms with Crippen molar-refractivity contribution >= 4 is 33.5 Å². The van der Waals surface area contributed by atoms with Crippen molar-refractivity contribution in [1.29, 1.82) is 0 Å². The van der Waals surface area contributed by atoms with Crippen LogP contribution in [0.3, 0.4) is 0 Å². The molecule has 0 saturated heterocycles. The van der Waals surface area contributed by atoms with Crippen LogP contribution in [0, 0.1) is 18.7 Å². The molecule has 4 aromatic carbocycles. The van der Waals surface area contributed by atoms with E-state index in [1.165, 1.54) is 28.4 Å². The maximum Gasteiger partial charge on any atom is 0.129 e. The lowest BCUT2D eigenvalue weighted by molar-refractivity contribution is 0.299. The fraction of sp³-hybridized carbons (Fsp3) is 0.182. The van der Waals surface area contributed by atoms with Gasteiger partial charge in [0, 0.05) is 33.4 Å². The van der Waals surface area contributed by atoms with E-state index in [9.17, 15) is 4.39 Å². The number of hydrogen-bond acceptors (Lipinski definition) is 3. The monoisotopic (exact) mass is 566 g/mol. The number of fused-ring (bicyclic) bond motifs is 3. The Morgan fingerprint density at radius 2 is 1.87 bits per heavy atom. The van der Waals surface area contributed by atoms with Gasteiger partial charge in [-0.1, -0.05) is 76.1 Å². The first-order valence-electron chi connectivity index (χ1n) is 12.9. The molecule has 0 saturated carbocycles. The minimum Gasteiger partial charge on any atom is -0.488 e. The predicted octanol–water partition coefficient (Wildman–Crippen LogP) is 9.05. The molecule has 0 radical (unpaired) electrons. The zero-order chi connectivity index (χ0) is 26.1. The Labute approximate surface area is 231 Å². The van der Waals surface area contributed by atoms with E-state index in [0.717, 1.165) is 22.1 Å². The first-order valence-corrected chi connectivity index (χ1v) is 13.7. The Hall–Kier alpha value is -3.70. The van der Waals surface area contributed by atoms with E-state index in [4.69, 9.17) is 9.73 Å². The summed E-state index contributed by atoms with van der Waals surface area (Å²) in [6.07, 6.45) is 7.57. The molecule has 190 valence electrons. The van der Waals surface area contributed by atoms with Crippen LogP contribution in [0.1, 0.15) is 46.2 Å². The van der Waals surface area contributed by atoms with Gasteiger partial charge in [-0.3, -0.25) is 4.99 Å². The van der Waals surface area contributed by atoms with Crippen molar-refractivity contribution in [3.8, 4) is 5.75 Å². The molecule has 3 nitrogen and oxygen atoms in total. The van der Waals surface area contributed by atoms with Crippen LogP contribution < -0.4 is 10.1 Å². The molecule has 0 spiro atoms. The summed E-state index contributed by atoms with van der Waals surface area (Å²) >= 11 is 3.53. The average Bonchev–Trinajstić information content (AvgIpc) is 3.43. The zero-order valence-corrected chi connectivity index (χ0v) is 22.7. The second-order valence-corrected chi connectivity index (χ2v) is 10.9. The number of aliphatic imine (C=N–C) groups is 1. The van der Waals surface area contributed by atoms with Crippen LogP contribution in [0.15, 0.2) is 107 Å². The highest BCUT2D eigenvalue weighted by Crippen LogP contribution is 2.50. The molecule has 5 heteroatoms. The van der Waals surface area contributed by atoms with Crippen molar-refractivity contribution in [2.75, 3.05) is 5.32 Å². The molecule has 1 aliphatic heterocycles. The van der Waals surface area contributed by atoms with Gasteiger partial charge >= 0.3 is 0 Å². The highest BCUT2D eigenvalue weighted by atomic mass is 79.9. The molecule has 3 atom stereocenters. The third-order valence-corrected chi connectivity index (χ3v) is 7.93. The molecule has 38 heavy (non-hydrogen) atoms. The van der Waals surface area contributed by atoms with E-state index >= 15 is 0 Å². The Morgan fingerprint density at radius 1 is 1.03 bits per heavy atom. The van der Waals surface area contributed by atoms with Gasteiger partial charge < -0.3 is 10.1 Å². The van der Waals surface area contributed by atoms with E-state index in [1.807, 2.05) is 18.2 Å². The zero-order valence-electron chi connectivity index (χ0n) is 21.1. The quantitative estimate of drug-likeness (QED) is 0.186. The Morgan fingerprint density at radius 3 is 2.71 bits per heavy atom. The largest absolute Gasteiger partial charge is 0.488 e. The van der Waals surface area contributed by atoms with Crippen molar-refractivity contribution in [2.24, 2.45) is 10.9 Å². The molecule has 0 amide bonds. The van der Waals surface area contributed by atoms with Gasteiger partial charge in [-0.15, -0.1) is 0 Å². The lowest BCUT2D eigenvalue weighted by Gasteiger charge is -2.37. The fourth-order valence-corrected chi connectivity index (χ4v) is 5.86. The standard InChI is InChI=1S/C33H28BrFN2O/c1-21-9-15-31-29(17-21)27-6-4-7-28(27)33(37-31)22-10-13-26(14-11-22)36-19-24-18-25(34)12-16-32(24)38-20-23-5-2-3-8-30(23)35/h2-6,8-19,27-28,33,37H,7,20H2,1H3/t27-,28+,33-/m1/s1. The number of rotatable bonds is 6. The van der Waals surface area contributed by atoms with Gasteiger partial charge in [-0.2, -0.15) is 0 Å². The van der Waals surface area contributed by atoms with E-state index in [2.05, 4.69) is 82.8 Å². The van der Waals surface area contributed by atoms with Gasteiger partial charge in [-0.05, 0) is 72.9 Å². The lowest BCUT2D eigenvalue weighted by Crippen LogP contribution is -2.29. The normalized spacial score (nSPS) is 19.7. The third-order valence-electron chi connectivity index (χ3n) is 7.44. The number of hydrogen-bond donors (Lipinski definition) is 1. The first kappa shape index (κ1) is 24.6. The lowest BCUT2D eigenvalue weighted by atomic mass is 9.76. The van der Waals surface area contributed by atoms with Crippen LogP contribution in [-0.2, 0) is 6.61 Å². The summed E-state index contributed by atoms with van der Waals surface area (Å²) in [5.74, 6) is 1.34. The number of benzene rings is 4.